The molecule has 8 nitrogen and oxygen atoms in total. The maximum absolute atomic E-state index is 10.5. The Kier molecular flexibility index (Phi) is 14.5. The second-order valence-corrected chi connectivity index (χ2v) is 24.5. The fourth-order valence-corrected chi connectivity index (χ4v) is 13.9. The van der Waals surface area contributed by atoms with Gasteiger partial charge in [-0.05, 0) is 205 Å². The topological polar surface area (TPSA) is 120 Å². The van der Waals surface area contributed by atoms with Gasteiger partial charge in [-0.15, -0.1) is 0 Å². The summed E-state index contributed by atoms with van der Waals surface area (Å²) in [5.74, 6) is 1.22. The summed E-state index contributed by atoms with van der Waals surface area (Å²) in [5, 5.41) is 35.5. The van der Waals surface area contributed by atoms with Crippen molar-refractivity contribution < 1.29 is 0 Å². The van der Waals surface area contributed by atoms with Crippen molar-refractivity contribution in [3.05, 3.63) is 344 Å². The SMILES string of the molecule is N#Cc1cccc(-c2cccc(-c3nc(-c4ccc(-n5c6ccc(-c7ccccc7)cc6c6cc(-c7ccccc7)ccc65)cc4-c4cccc(C#N)c4)nc(-c4ccc(-n5c6ccc(-c7ccccc7)cc6c6cc(-c7ccccc7)ccc65)cc4-c4cccc(C#N)c4)n3)c2)c1. The number of rotatable bonds is 12. The van der Waals surface area contributed by atoms with Crippen molar-refractivity contribution in [1.82, 2.24) is 24.1 Å². The van der Waals surface area contributed by atoms with E-state index in [-0.39, 0.29) is 0 Å². The fraction of sp³-hybridized carbons (Fsp3) is 0. The molecule has 0 bridgehead atoms. The molecule has 98 heavy (non-hydrogen) atoms. The van der Waals surface area contributed by atoms with E-state index in [9.17, 15) is 15.8 Å². The van der Waals surface area contributed by atoms with Crippen LogP contribution in [0.5, 0.6) is 0 Å². The van der Waals surface area contributed by atoms with E-state index in [2.05, 4.69) is 240 Å². The lowest BCUT2D eigenvalue weighted by Crippen LogP contribution is -2.04. The van der Waals surface area contributed by atoms with Gasteiger partial charge in [-0.3, -0.25) is 0 Å². The number of hydrogen-bond acceptors (Lipinski definition) is 6. The number of aromatic nitrogens is 5. The van der Waals surface area contributed by atoms with Crippen LogP contribution in [0, 0.1) is 34.0 Å². The van der Waals surface area contributed by atoms with Gasteiger partial charge in [0.25, 0.3) is 0 Å². The minimum absolute atomic E-state index is 0.402. The van der Waals surface area contributed by atoms with Crippen LogP contribution in [0.3, 0.4) is 0 Å². The van der Waals surface area contributed by atoms with Gasteiger partial charge in [0.1, 0.15) is 0 Å². The molecule has 17 aromatic rings. The Morgan fingerprint density at radius 3 is 0.847 bits per heavy atom. The van der Waals surface area contributed by atoms with Crippen LogP contribution in [0.2, 0.25) is 0 Å². The van der Waals surface area contributed by atoms with E-state index in [1.54, 1.807) is 6.07 Å². The molecule has 3 heterocycles. The number of fused-ring (bicyclic) bond motifs is 6. The zero-order valence-electron chi connectivity index (χ0n) is 52.8. The standard InChI is InChI=1S/C90H54N8/c91-55-58-17-13-28-65(45-58)66-29-16-32-73(48-66)88-94-89(76-39-37-74(53-78(76)71-30-14-18-59(46-71)56-92)97-84-41-33-67(61-20-5-1-6-21-61)49-80(84)81-50-68(34-42-85(81)97)62-22-7-2-8-23-62)96-90(95-88)77-40-38-75(54-79(77)72-31-15-19-60(47-72)57-93)98-86-43-35-69(63-24-9-3-10-25-63)51-82(86)83-52-70(36-44-87(83)98)64-26-11-4-12-27-64/h1-54H. The molecule has 0 unspecified atom stereocenters. The number of hydrogen-bond donors (Lipinski definition) is 0. The van der Waals surface area contributed by atoms with E-state index in [1.807, 2.05) is 109 Å². The minimum Gasteiger partial charge on any atom is -0.309 e. The van der Waals surface area contributed by atoms with Crippen LogP contribution in [0.1, 0.15) is 16.7 Å². The lowest BCUT2D eigenvalue weighted by Gasteiger charge is -2.17. The van der Waals surface area contributed by atoms with Gasteiger partial charge in [-0.25, -0.2) is 15.0 Å². The molecular weight excluding hydrogens is 1190 g/mol. The van der Waals surface area contributed by atoms with Crippen molar-refractivity contribution in [3.8, 4) is 142 Å². The van der Waals surface area contributed by atoms with E-state index >= 15 is 0 Å². The van der Waals surface area contributed by atoms with Crippen molar-refractivity contribution in [1.29, 1.82) is 15.8 Å². The van der Waals surface area contributed by atoms with Crippen molar-refractivity contribution >= 4 is 43.6 Å². The van der Waals surface area contributed by atoms with Gasteiger partial charge in [-0.1, -0.05) is 200 Å². The Labute approximate surface area is 566 Å². The lowest BCUT2D eigenvalue weighted by atomic mass is 9.95. The van der Waals surface area contributed by atoms with Crippen LogP contribution >= 0.6 is 0 Å². The zero-order valence-corrected chi connectivity index (χ0v) is 52.8. The Morgan fingerprint density at radius 2 is 0.490 bits per heavy atom. The van der Waals surface area contributed by atoms with Crippen molar-refractivity contribution in [2.75, 3.05) is 0 Å². The van der Waals surface area contributed by atoms with Gasteiger partial charge in [0, 0.05) is 49.6 Å². The molecule has 14 aromatic carbocycles. The van der Waals surface area contributed by atoms with Gasteiger partial charge < -0.3 is 9.13 Å². The first-order valence-corrected chi connectivity index (χ1v) is 32.5. The highest BCUT2D eigenvalue weighted by Gasteiger charge is 2.24. The monoisotopic (exact) mass is 1250 g/mol. The molecule has 8 heteroatoms. The van der Waals surface area contributed by atoms with E-state index in [0.29, 0.717) is 45.3 Å². The fourth-order valence-electron chi connectivity index (χ4n) is 13.9. The highest BCUT2D eigenvalue weighted by Crippen LogP contribution is 2.44. The molecule has 0 amide bonds. The summed E-state index contributed by atoms with van der Waals surface area (Å²) in [4.78, 5) is 16.6. The van der Waals surface area contributed by atoms with Crippen LogP contribution in [0.15, 0.2) is 328 Å². The lowest BCUT2D eigenvalue weighted by molar-refractivity contribution is 1.07. The van der Waals surface area contributed by atoms with Crippen LogP contribution in [-0.2, 0) is 0 Å². The summed E-state index contributed by atoms with van der Waals surface area (Å²) in [6.07, 6.45) is 0. The largest absolute Gasteiger partial charge is 0.309 e. The Balaban J connectivity index is 0.899. The normalized spacial score (nSPS) is 11.2. The Hall–Kier alpha value is -13.8. The average molecular weight is 1250 g/mol. The zero-order chi connectivity index (χ0) is 65.6. The highest BCUT2D eigenvalue weighted by atomic mass is 15.0. The van der Waals surface area contributed by atoms with E-state index in [1.165, 1.54) is 0 Å². The molecule has 0 radical (unpaired) electrons. The van der Waals surface area contributed by atoms with Crippen LogP contribution in [0.25, 0.3) is 167 Å². The molecule has 0 saturated heterocycles. The second kappa shape index (κ2) is 24.6. The molecule has 0 aliphatic carbocycles. The maximum Gasteiger partial charge on any atom is 0.164 e. The Bertz CT molecular complexity index is 5630. The predicted molar refractivity (Wildman–Crippen MR) is 397 cm³/mol. The molecule has 3 aromatic heterocycles. The van der Waals surface area contributed by atoms with Crippen LogP contribution < -0.4 is 0 Å². The molecule has 17 rings (SSSR count). The summed E-state index contributed by atoms with van der Waals surface area (Å²) in [5.41, 5.74) is 23.6. The third-order valence-corrected chi connectivity index (χ3v) is 18.6. The molecule has 0 fully saturated rings. The van der Waals surface area contributed by atoms with Crippen LogP contribution in [-0.4, -0.2) is 24.1 Å². The molecular formula is C90H54N8. The first kappa shape index (κ1) is 58.0. The molecule has 454 valence electrons. The molecule has 0 aliphatic heterocycles. The number of nitrogens with zero attached hydrogens (tertiary/aromatic N) is 8. The second-order valence-electron chi connectivity index (χ2n) is 24.5. The van der Waals surface area contributed by atoms with Crippen LogP contribution in [0.4, 0.5) is 0 Å². The summed E-state index contributed by atoms with van der Waals surface area (Å²) >= 11 is 0. The van der Waals surface area contributed by atoms with Crippen molar-refractivity contribution in [2.45, 2.75) is 0 Å². The predicted octanol–water partition coefficient (Wildman–Crippen LogP) is 22.4. The van der Waals surface area contributed by atoms with Crippen molar-refractivity contribution in [2.24, 2.45) is 0 Å². The van der Waals surface area contributed by atoms with Gasteiger partial charge in [-0.2, -0.15) is 15.8 Å². The van der Waals surface area contributed by atoms with E-state index < -0.39 is 0 Å². The van der Waals surface area contributed by atoms with Gasteiger partial charge in [0.2, 0.25) is 0 Å². The minimum atomic E-state index is 0.402. The van der Waals surface area contributed by atoms with Gasteiger partial charge in [0.15, 0.2) is 17.5 Å². The number of benzene rings is 14. The van der Waals surface area contributed by atoms with Crippen molar-refractivity contribution in [3.63, 3.8) is 0 Å². The molecule has 0 N–H and O–H groups in total. The third-order valence-electron chi connectivity index (χ3n) is 18.6. The highest BCUT2D eigenvalue weighted by molar-refractivity contribution is 6.13. The summed E-state index contributed by atoms with van der Waals surface area (Å²) < 4.78 is 4.66. The Morgan fingerprint density at radius 1 is 0.204 bits per heavy atom. The quantitative estimate of drug-likeness (QED) is 0.120. The number of nitriles is 3. The third kappa shape index (κ3) is 10.6. The van der Waals surface area contributed by atoms with Gasteiger partial charge in [0.05, 0.1) is 57.0 Å². The molecule has 0 atom stereocenters. The smallest absolute Gasteiger partial charge is 0.164 e. The summed E-state index contributed by atoms with van der Waals surface area (Å²) in [7, 11) is 0. The molecule has 0 spiro atoms. The first-order chi connectivity index (χ1) is 48.4. The molecule has 0 saturated carbocycles. The average Bonchev–Trinajstić information content (AvgIpc) is 1.67. The van der Waals surface area contributed by atoms with E-state index in [4.69, 9.17) is 15.0 Å². The van der Waals surface area contributed by atoms with Gasteiger partial charge >= 0.3 is 0 Å². The molecule has 0 aliphatic rings. The summed E-state index contributed by atoms with van der Waals surface area (Å²) in [6.45, 7) is 0. The summed E-state index contributed by atoms with van der Waals surface area (Å²) in [6, 6.07) is 120. The first-order valence-electron chi connectivity index (χ1n) is 32.5. The van der Waals surface area contributed by atoms with E-state index in [0.717, 1.165) is 138 Å². The maximum atomic E-state index is 10.5.